The SMILES string of the molecule is CCCN(Cc1csc(COc2ccccc2)n1)C(=O)C1CCCC1. The van der Waals surface area contributed by atoms with E-state index in [-0.39, 0.29) is 5.92 Å². The highest BCUT2D eigenvalue weighted by atomic mass is 32.1. The van der Waals surface area contributed by atoms with E-state index in [0.29, 0.717) is 19.1 Å². The zero-order valence-electron chi connectivity index (χ0n) is 14.8. The number of rotatable bonds is 8. The van der Waals surface area contributed by atoms with Crippen LogP contribution < -0.4 is 4.74 Å². The molecule has 0 N–H and O–H groups in total. The number of ether oxygens (including phenoxy) is 1. The number of amides is 1. The fourth-order valence-electron chi connectivity index (χ4n) is 3.31. The fourth-order valence-corrected chi connectivity index (χ4v) is 4.01. The van der Waals surface area contributed by atoms with Gasteiger partial charge in [-0.2, -0.15) is 0 Å². The third kappa shape index (κ3) is 5.05. The largest absolute Gasteiger partial charge is 0.486 e. The zero-order valence-corrected chi connectivity index (χ0v) is 15.6. The van der Waals surface area contributed by atoms with Gasteiger partial charge < -0.3 is 9.64 Å². The van der Waals surface area contributed by atoms with Crippen molar-refractivity contribution in [1.29, 1.82) is 0 Å². The van der Waals surface area contributed by atoms with Crippen molar-refractivity contribution < 1.29 is 9.53 Å². The summed E-state index contributed by atoms with van der Waals surface area (Å²) < 4.78 is 5.75. The van der Waals surface area contributed by atoms with Gasteiger partial charge in [-0.05, 0) is 31.4 Å². The van der Waals surface area contributed by atoms with Gasteiger partial charge in [-0.15, -0.1) is 11.3 Å². The predicted molar refractivity (Wildman–Crippen MR) is 101 cm³/mol. The first-order chi connectivity index (χ1) is 12.3. The molecule has 1 aromatic heterocycles. The van der Waals surface area contributed by atoms with E-state index in [1.165, 1.54) is 12.8 Å². The molecule has 0 aliphatic heterocycles. The van der Waals surface area contributed by atoms with Crippen LogP contribution in [0.2, 0.25) is 0 Å². The molecule has 25 heavy (non-hydrogen) atoms. The molecule has 0 unspecified atom stereocenters. The van der Waals surface area contributed by atoms with E-state index < -0.39 is 0 Å². The molecule has 0 atom stereocenters. The number of thiazole rings is 1. The van der Waals surface area contributed by atoms with Crippen molar-refractivity contribution in [2.75, 3.05) is 6.54 Å². The van der Waals surface area contributed by atoms with E-state index in [1.54, 1.807) is 11.3 Å². The summed E-state index contributed by atoms with van der Waals surface area (Å²) >= 11 is 1.60. The lowest BCUT2D eigenvalue weighted by molar-refractivity contribution is -0.136. The molecule has 1 aromatic carbocycles. The topological polar surface area (TPSA) is 42.4 Å². The Morgan fingerprint density at radius 3 is 2.76 bits per heavy atom. The Balaban J connectivity index is 1.57. The predicted octanol–water partition coefficient (Wildman–Crippen LogP) is 4.65. The Labute approximate surface area is 153 Å². The van der Waals surface area contributed by atoms with Crippen molar-refractivity contribution >= 4 is 17.2 Å². The average Bonchev–Trinajstić information content (AvgIpc) is 3.32. The zero-order chi connectivity index (χ0) is 17.5. The lowest BCUT2D eigenvalue weighted by atomic mass is 10.1. The molecule has 1 aliphatic carbocycles. The summed E-state index contributed by atoms with van der Waals surface area (Å²) in [6.45, 7) is 4.02. The number of aromatic nitrogens is 1. The van der Waals surface area contributed by atoms with Gasteiger partial charge in [0.15, 0.2) is 0 Å². The van der Waals surface area contributed by atoms with Gasteiger partial charge in [0.2, 0.25) is 5.91 Å². The van der Waals surface area contributed by atoms with Crippen LogP contribution in [0.15, 0.2) is 35.7 Å². The van der Waals surface area contributed by atoms with Crippen molar-refractivity contribution in [2.45, 2.75) is 52.2 Å². The summed E-state index contributed by atoms with van der Waals surface area (Å²) in [6.07, 6.45) is 5.45. The first-order valence-corrected chi connectivity index (χ1v) is 10.0. The smallest absolute Gasteiger partial charge is 0.226 e. The minimum absolute atomic E-state index is 0.228. The summed E-state index contributed by atoms with van der Waals surface area (Å²) in [5, 5.41) is 3.00. The molecule has 3 rings (SSSR count). The third-order valence-electron chi connectivity index (χ3n) is 4.57. The Morgan fingerprint density at radius 1 is 1.28 bits per heavy atom. The number of nitrogens with zero attached hydrogens (tertiary/aromatic N) is 2. The van der Waals surface area contributed by atoms with Gasteiger partial charge >= 0.3 is 0 Å². The van der Waals surface area contributed by atoms with Gasteiger partial charge in [-0.1, -0.05) is 38.0 Å². The van der Waals surface area contributed by atoms with Crippen molar-refractivity contribution in [3.63, 3.8) is 0 Å². The Bertz CT molecular complexity index is 665. The van der Waals surface area contributed by atoms with E-state index in [4.69, 9.17) is 4.74 Å². The molecule has 134 valence electrons. The molecular formula is C20H26N2O2S. The number of para-hydroxylation sites is 1. The minimum atomic E-state index is 0.228. The third-order valence-corrected chi connectivity index (χ3v) is 5.44. The molecule has 0 saturated heterocycles. The average molecular weight is 359 g/mol. The standard InChI is InChI=1S/C20H26N2O2S/c1-2-12-22(20(23)16-8-6-7-9-16)13-17-15-25-19(21-17)14-24-18-10-4-3-5-11-18/h3-5,10-11,15-16H,2,6-9,12-14H2,1H3. The van der Waals surface area contributed by atoms with Crippen LogP contribution in [0.3, 0.4) is 0 Å². The highest BCUT2D eigenvalue weighted by Crippen LogP contribution is 2.27. The van der Waals surface area contributed by atoms with Crippen LogP contribution in [0.4, 0.5) is 0 Å². The first kappa shape index (κ1) is 17.9. The molecule has 0 bridgehead atoms. The van der Waals surface area contributed by atoms with Crippen molar-refractivity contribution in [1.82, 2.24) is 9.88 Å². The van der Waals surface area contributed by atoms with Crippen LogP contribution in [0.1, 0.15) is 49.7 Å². The highest BCUT2D eigenvalue weighted by Gasteiger charge is 2.27. The van der Waals surface area contributed by atoms with Crippen molar-refractivity contribution in [3.05, 3.63) is 46.4 Å². The number of hydrogen-bond acceptors (Lipinski definition) is 4. The molecule has 1 fully saturated rings. The van der Waals surface area contributed by atoms with Gasteiger partial charge in [0, 0.05) is 17.8 Å². The molecule has 1 saturated carbocycles. The van der Waals surface area contributed by atoms with Gasteiger partial charge in [0.1, 0.15) is 17.4 Å². The van der Waals surface area contributed by atoms with Crippen LogP contribution in [0.25, 0.3) is 0 Å². The number of carbonyl (C=O) groups is 1. The number of carbonyl (C=O) groups excluding carboxylic acids is 1. The Hall–Kier alpha value is -1.88. The van der Waals surface area contributed by atoms with Crippen LogP contribution in [0.5, 0.6) is 5.75 Å². The first-order valence-electron chi connectivity index (χ1n) is 9.16. The summed E-state index contributed by atoms with van der Waals surface area (Å²) in [7, 11) is 0. The van der Waals surface area contributed by atoms with E-state index in [1.807, 2.05) is 40.6 Å². The van der Waals surface area contributed by atoms with Crippen LogP contribution in [-0.2, 0) is 17.9 Å². The monoisotopic (exact) mass is 358 g/mol. The lowest BCUT2D eigenvalue weighted by Gasteiger charge is -2.24. The van der Waals surface area contributed by atoms with Gasteiger partial charge in [-0.3, -0.25) is 4.79 Å². The summed E-state index contributed by atoms with van der Waals surface area (Å²) in [5.74, 6) is 1.39. The van der Waals surface area contributed by atoms with Crippen LogP contribution >= 0.6 is 11.3 Å². The lowest BCUT2D eigenvalue weighted by Crippen LogP contribution is -2.35. The maximum Gasteiger partial charge on any atom is 0.226 e. The number of benzene rings is 1. The van der Waals surface area contributed by atoms with Gasteiger partial charge in [-0.25, -0.2) is 4.98 Å². The molecule has 0 spiro atoms. The fraction of sp³-hybridized carbons (Fsp3) is 0.500. The second-order valence-electron chi connectivity index (χ2n) is 6.58. The molecule has 5 heteroatoms. The van der Waals surface area contributed by atoms with Crippen molar-refractivity contribution in [3.8, 4) is 5.75 Å². The van der Waals surface area contributed by atoms with Crippen LogP contribution in [0, 0.1) is 5.92 Å². The number of hydrogen-bond donors (Lipinski definition) is 0. The molecular weight excluding hydrogens is 332 g/mol. The summed E-state index contributed by atoms with van der Waals surface area (Å²) in [4.78, 5) is 19.4. The molecule has 4 nitrogen and oxygen atoms in total. The Kier molecular flexibility index (Phi) is 6.45. The van der Waals surface area contributed by atoms with E-state index in [9.17, 15) is 4.79 Å². The van der Waals surface area contributed by atoms with E-state index in [0.717, 1.165) is 42.3 Å². The maximum absolute atomic E-state index is 12.7. The van der Waals surface area contributed by atoms with Crippen molar-refractivity contribution in [2.24, 2.45) is 5.92 Å². The maximum atomic E-state index is 12.7. The molecule has 2 aromatic rings. The highest BCUT2D eigenvalue weighted by molar-refractivity contribution is 7.09. The van der Waals surface area contributed by atoms with E-state index >= 15 is 0 Å². The Morgan fingerprint density at radius 2 is 2.04 bits per heavy atom. The molecule has 1 amide bonds. The second kappa shape index (κ2) is 8.99. The van der Waals surface area contributed by atoms with E-state index in [2.05, 4.69) is 11.9 Å². The van der Waals surface area contributed by atoms with Gasteiger partial charge in [0.25, 0.3) is 0 Å². The normalized spacial score (nSPS) is 14.6. The van der Waals surface area contributed by atoms with Gasteiger partial charge in [0.05, 0.1) is 12.2 Å². The summed E-state index contributed by atoms with van der Waals surface area (Å²) in [6, 6.07) is 9.77. The molecule has 1 aliphatic rings. The summed E-state index contributed by atoms with van der Waals surface area (Å²) in [5.41, 5.74) is 0.969. The minimum Gasteiger partial charge on any atom is -0.486 e. The molecule has 0 radical (unpaired) electrons. The molecule has 1 heterocycles. The van der Waals surface area contributed by atoms with Crippen LogP contribution in [-0.4, -0.2) is 22.3 Å². The second-order valence-corrected chi connectivity index (χ2v) is 7.52. The quantitative estimate of drug-likeness (QED) is 0.690.